The molecule has 38 heavy (non-hydrogen) atoms. The maximum Gasteiger partial charge on any atom is 0.469 e. The Morgan fingerprint density at radius 3 is 1.63 bits per heavy atom. The van der Waals surface area contributed by atoms with E-state index in [1.807, 2.05) is 0 Å². The Balaban J connectivity index is 1.91. The molecule has 0 unspecified atom stereocenters. The Hall–Kier alpha value is -1.25. The number of carbonyl (C=O) groups is 1. The highest BCUT2D eigenvalue weighted by molar-refractivity contribution is 9.09. The van der Waals surface area contributed by atoms with Crippen LogP contribution in [-0.4, -0.2) is 31.6 Å². The predicted octanol–water partition coefficient (Wildman–Crippen LogP) is 4.32. The van der Waals surface area contributed by atoms with Gasteiger partial charge in [0.2, 0.25) is 7.14 Å². The van der Waals surface area contributed by atoms with E-state index in [2.05, 4.69) is 20.7 Å². The van der Waals surface area contributed by atoms with Gasteiger partial charge in [-0.3, -0.25) is 0 Å². The van der Waals surface area contributed by atoms with E-state index in [4.69, 9.17) is 2.51 Å². The van der Waals surface area contributed by atoms with Crippen molar-refractivity contribution in [2.45, 2.75) is 69.5 Å². The van der Waals surface area contributed by atoms with Crippen LogP contribution >= 0.6 is 15.9 Å². The van der Waals surface area contributed by atoms with E-state index in [-0.39, 0.29) is 13.7 Å². The molecule has 0 aliphatic carbocycles. The number of hydrogen-bond acceptors (Lipinski definition) is 5. The first kappa shape index (κ1) is 33.0. The number of hydrogen-bond donors (Lipinski definition) is 0. The largest absolute Gasteiger partial charge is 0.469 e. The number of ether oxygens (including phenoxy) is 1. The molecule has 0 aliphatic heterocycles. The standard InChI is InChI=1S/C26H32BrF4IO5S/c27-19-13-7-5-3-1-2-4-6-8-14-20-36-25(33)26(30,31)38(34,35)37-32(23-17-11-9-15-21(23)28)24-18-12-10-16-22(24)29/h9-12,15-18H,1-8,13-14,19-20H2/q+1. The van der Waals surface area contributed by atoms with E-state index in [1.165, 1.54) is 49.9 Å². The number of rotatable bonds is 18. The van der Waals surface area contributed by atoms with Crippen LogP contribution in [-0.2, 0) is 22.2 Å². The third kappa shape index (κ3) is 10.1. The first-order valence-electron chi connectivity index (χ1n) is 12.4. The number of benzene rings is 2. The number of unbranched alkanes of at least 4 members (excludes halogenated alkanes) is 9. The maximum absolute atomic E-state index is 14.7. The molecular weight excluding hydrogens is 707 g/mol. The molecule has 0 bridgehead atoms. The van der Waals surface area contributed by atoms with Gasteiger partial charge in [0.25, 0.3) is 0 Å². The summed E-state index contributed by atoms with van der Waals surface area (Å²) >= 11 is -0.712. The number of alkyl halides is 3. The van der Waals surface area contributed by atoms with Crippen molar-refractivity contribution in [3.63, 3.8) is 0 Å². The number of esters is 1. The Morgan fingerprint density at radius 2 is 1.18 bits per heavy atom. The minimum absolute atomic E-state index is 0.303. The Morgan fingerprint density at radius 1 is 0.763 bits per heavy atom. The normalized spacial score (nSPS) is 12.2. The average molecular weight is 739 g/mol. The van der Waals surface area contributed by atoms with Crippen molar-refractivity contribution in [1.82, 2.24) is 0 Å². The fourth-order valence-corrected chi connectivity index (χ4v) is 10.7. The van der Waals surface area contributed by atoms with E-state index >= 15 is 0 Å². The van der Waals surface area contributed by atoms with Crippen LogP contribution in [0.5, 0.6) is 0 Å². The first-order chi connectivity index (χ1) is 18.1. The lowest BCUT2D eigenvalue weighted by molar-refractivity contribution is -1.03. The Bertz CT molecular complexity index is 1070. The summed E-state index contributed by atoms with van der Waals surface area (Å²) in [7, 11) is -5.93. The zero-order valence-electron chi connectivity index (χ0n) is 20.8. The van der Waals surface area contributed by atoms with Gasteiger partial charge in [-0.2, -0.15) is 17.2 Å². The average Bonchev–Trinajstić information content (AvgIpc) is 2.88. The minimum Gasteiger partial charge on any atom is -0.460 e. The van der Waals surface area contributed by atoms with Gasteiger partial charge >= 0.3 is 41.6 Å². The number of carbonyl (C=O) groups excluding carboxylic acids is 1. The van der Waals surface area contributed by atoms with Gasteiger partial charge in [-0.1, -0.05) is 91.6 Å². The molecular formula is C26H32BrF4IO5S+. The van der Waals surface area contributed by atoms with E-state index in [9.17, 15) is 30.8 Å². The quantitative estimate of drug-likeness (QED) is 0.0750. The van der Waals surface area contributed by atoms with Gasteiger partial charge in [0.15, 0.2) is 11.6 Å². The third-order valence-corrected chi connectivity index (χ3v) is 13.5. The van der Waals surface area contributed by atoms with Gasteiger partial charge in [-0.15, -0.1) is 0 Å². The summed E-state index contributed by atoms with van der Waals surface area (Å²) in [6.07, 6.45) is 9.71. The van der Waals surface area contributed by atoms with Crippen molar-refractivity contribution in [3.8, 4) is 0 Å². The van der Waals surface area contributed by atoms with Gasteiger partial charge in [-0.25, -0.2) is 13.6 Å². The highest BCUT2D eigenvalue weighted by atomic mass is 127. The van der Waals surface area contributed by atoms with Crippen molar-refractivity contribution < 1.29 is 58.3 Å². The van der Waals surface area contributed by atoms with Crippen molar-refractivity contribution in [3.05, 3.63) is 67.3 Å². The SMILES string of the molecule is O=C(OCCCCCCCCCCCCBr)C(F)(F)S(=O)(=O)O[I+](c1ccccc1F)c1ccccc1F. The second-order valence-electron chi connectivity index (χ2n) is 8.47. The van der Waals surface area contributed by atoms with Crippen LogP contribution in [0.4, 0.5) is 17.6 Å². The minimum atomic E-state index is -5.93. The van der Waals surface area contributed by atoms with Gasteiger partial charge in [0.05, 0.1) is 6.61 Å². The molecule has 0 atom stereocenters. The van der Waals surface area contributed by atoms with Crippen LogP contribution < -0.4 is 20.2 Å². The smallest absolute Gasteiger partial charge is 0.460 e. The van der Waals surface area contributed by atoms with Crippen molar-refractivity contribution in [2.24, 2.45) is 0 Å². The van der Waals surface area contributed by atoms with Crippen molar-refractivity contribution in [1.29, 1.82) is 0 Å². The third-order valence-electron chi connectivity index (χ3n) is 5.48. The summed E-state index contributed by atoms with van der Waals surface area (Å²) in [5.74, 6) is -4.15. The molecule has 0 aliphatic rings. The van der Waals surface area contributed by atoms with Crippen LogP contribution in [0, 0.1) is 18.8 Å². The lowest BCUT2D eigenvalue weighted by Gasteiger charge is -2.14. The summed E-state index contributed by atoms with van der Waals surface area (Å²) in [6.45, 7) is -0.376. The van der Waals surface area contributed by atoms with Crippen LogP contribution in [0.25, 0.3) is 0 Å². The summed E-state index contributed by atoms with van der Waals surface area (Å²) in [6, 6.07) is 9.55. The van der Waals surface area contributed by atoms with Crippen molar-refractivity contribution in [2.75, 3.05) is 11.9 Å². The molecule has 0 aromatic heterocycles. The molecule has 0 spiro atoms. The molecule has 1 radical (unpaired) electrons. The van der Waals surface area contributed by atoms with Crippen LogP contribution in [0.2, 0.25) is 0 Å². The second kappa shape index (κ2) is 16.8. The summed E-state index contributed by atoms with van der Waals surface area (Å²) in [4.78, 5) is 12.0. The van der Waals surface area contributed by atoms with Gasteiger partial charge < -0.3 is 4.74 Å². The molecule has 0 N–H and O–H groups in total. The number of halogens is 6. The van der Waals surface area contributed by atoms with E-state index in [1.54, 1.807) is 0 Å². The molecule has 0 amide bonds. The van der Waals surface area contributed by atoms with E-state index in [0.29, 0.717) is 12.8 Å². The van der Waals surface area contributed by atoms with Crippen LogP contribution in [0.1, 0.15) is 64.2 Å². The zero-order chi connectivity index (χ0) is 28.0. The lowest BCUT2D eigenvalue weighted by Crippen LogP contribution is -3.86. The molecule has 0 saturated carbocycles. The fraction of sp³-hybridized carbons (Fsp3) is 0.500. The zero-order valence-corrected chi connectivity index (χ0v) is 25.4. The molecule has 12 heteroatoms. The van der Waals surface area contributed by atoms with Gasteiger partial charge in [-0.05, 0) is 39.6 Å². The maximum atomic E-state index is 14.7. The first-order valence-corrected chi connectivity index (χ1v) is 17.9. The topological polar surface area (TPSA) is 69.7 Å². The summed E-state index contributed by atoms with van der Waals surface area (Å²) in [5, 5.41) is -4.03. The molecule has 5 nitrogen and oxygen atoms in total. The second-order valence-corrected chi connectivity index (χ2v) is 15.6. The molecule has 0 heterocycles. The fourth-order valence-electron chi connectivity index (χ4n) is 3.42. The Kier molecular flexibility index (Phi) is 14.5. The summed E-state index contributed by atoms with van der Waals surface area (Å²) < 4.78 is 91.9. The molecule has 2 aromatic carbocycles. The highest BCUT2D eigenvalue weighted by Gasteiger charge is 2.60. The van der Waals surface area contributed by atoms with Gasteiger partial charge in [0, 0.05) is 5.33 Å². The van der Waals surface area contributed by atoms with Crippen LogP contribution in [0.3, 0.4) is 0 Å². The van der Waals surface area contributed by atoms with Gasteiger partial charge in [0.1, 0.15) is 0 Å². The molecule has 213 valence electrons. The monoisotopic (exact) mass is 738 g/mol. The van der Waals surface area contributed by atoms with Crippen molar-refractivity contribution >= 4 is 32.0 Å². The predicted molar refractivity (Wildman–Crippen MR) is 136 cm³/mol. The molecule has 0 saturated heterocycles. The Labute approximate surface area is 237 Å². The van der Waals surface area contributed by atoms with E-state index in [0.717, 1.165) is 55.3 Å². The lowest BCUT2D eigenvalue weighted by atomic mass is 10.1. The molecule has 2 rings (SSSR count). The van der Waals surface area contributed by atoms with Crippen LogP contribution in [0.15, 0.2) is 48.5 Å². The highest BCUT2D eigenvalue weighted by Crippen LogP contribution is 2.24. The summed E-state index contributed by atoms with van der Waals surface area (Å²) in [5.41, 5.74) is 0. The molecule has 0 fully saturated rings. The molecule has 2 aromatic rings. The van der Waals surface area contributed by atoms with E-state index < -0.39 is 53.2 Å².